The normalized spacial score (nSPS) is 19.5. The summed E-state index contributed by atoms with van der Waals surface area (Å²) in [4.78, 5) is 14.1. The maximum atomic E-state index is 12.1. The Labute approximate surface area is 108 Å². The molecule has 0 saturated carbocycles. The first-order chi connectivity index (χ1) is 8.29. The second kappa shape index (κ2) is 8.78. The van der Waals surface area contributed by atoms with Gasteiger partial charge in [-0.2, -0.15) is 11.8 Å². The molecule has 1 N–H and O–H groups in total. The molecule has 17 heavy (non-hydrogen) atoms. The third-order valence-electron chi connectivity index (χ3n) is 3.00. The molecule has 1 saturated heterocycles. The summed E-state index contributed by atoms with van der Waals surface area (Å²) < 4.78 is 5.07. The lowest BCUT2D eigenvalue weighted by molar-refractivity contribution is -0.133. The maximum Gasteiger partial charge on any atom is 0.222 e. The highest BCUT2D eigenvalue weighted by Gasteiger charge is 2.26. The number of carbonyl (C=O) groups excluding carboxylic acids is 1. The Hall–Kier alpha value is -0.260. The van der Waals surface area contributed by atoms with E-state index in [9.17, 15) is 4.79 Å². The molecular formula is C12H23NO3S. The molecule has 1 unspecified atom stereocenters. The van der Waals surface area contributed by atoms with Crippen LogP contribution in [0.2, 0.25) is 0 Å². The van der Waals surface area contributed by atoms with Crippen molar-refractivity contribution in [3.63, 3.8) is 0 Å². The van der Waals surface area contributed by atoms with Crippen molar-refractivity contribution in [3.05, 3.63) is 0 Å². The standard InChI is InChI=1S/C12H23NO3S/c1-16-8-6-13(11-5-9-17-10-11)12(15)4-2-3-7-14/h11,14H,2-10H2,1H3. The zero-order chi connectivity index (χ0) is 12.5. The van der Waals surface area contributed by atoms with Gasteiger partial charge in [-0.1, -0.05) is 0 Å². The minimum absolute atomic E-state index is 0.171. The van der Waals surface area contributed by atoms with Gasteiger partial charge >= 0.3 is 0 Å². The van der Waals surface area contributed by atoms with Crippen LogP contribution in [0.1, 0.15) is 25.7 Å². The van der Waals surface area contributed by atoms with Gasteiger partial charge in [0.05, 0.1) is 6.61 Å². The first-order valence-corrected chi connectivity index (χ1v) is 7.42. The Bertz CT molecular complexity index is 220. The van der Waals surface area contributed by atoms with Gasteiger partial charge in [0.1, 0.15) is 0 Å². The molecule has 1 heterocycles. The lowest BCUT2D eigenvalue weighted by Gasteiger charge is -2.28. The van der Waals surface area contributed by atoms with Crippen molar-refractivity contribution in [2.75, 3.05) is 38.4 Å². The van der Waals surface area contributed by atoms with Crippen LogP contribution in [0.25, 0.3) is 0 Å². The van der Waals surface area contributed by atoms with E-state index in [1.54, 1.807) is 7.11 Å². The van der Waals surface area contributed by atoms with E-state index >= 15 is 0 Å². The smallest absolute Gasteiger partial charge is 0.222 e. The zero-order valence-electron chi connectivity index (χ0n) is 10.6. The number of ether oxygens (including phenoxy) is 1. The van der Waals surface area contributed by atoms with Crippen LogP contribution in [0.3, 0.4) is 0 Å². The fourth-order valence-electron chi connectivity index (χ4n) is 2.00. The Balaban J connectivity index is 2.39. The molecule has 1 rings (SSSR count). The molecule has 0 bridgehead atoms. The molecule has 4 nitrogen and oxygen atoms in total. The molecule has 1 aliphatic rings. The van der Waals surface area contributed by atoms with Crippen LogP contribution in [-0.4, -0.2) is 60.3 Å². The summed E-state index contributed by atoms with van der Waals surface area (Å²) in [6, 6.07) is 0.386. The fourth-order valence-corrected chi connectivity index (χ4v) is 3.22. The predicted molar refractivity (Wildman–Crippen MR) is 70.3 cm³/mol. The number of carbonyl (C=O) groups is 1. The summed E-state index contributed by atoms with van der Waals surface area (Å²) in [5, 5.41) is 8.72. The number of nitrogens with zero attached hydrogens (tertiary/aromatic N) is 1. The molecule has 5 heteroatoms. The summed E-state index contributed by atoms with van der Waals surface area (Å²) >= 11 is 1.92. The molecule has 0 aromatic rings. The van der Waals surface area contributed by atoms with Crippen LogP contribution >= 0.6 is 11.8 Å². The van der Waals surface area contributed by atoms with Crippen molar-refractivity contribution in [2.45, 2.75) is 31.7 Å². The van der Waals surface area contributed by atoms with Crippen LogP contribution in [-0.2, 0) is 9.53 Å². The van der Waals surface area contributed by atoms with Gasteiger partial charge in [-0.15, -0.1) is 0 Å². The molecule has 0 aromatic carbocycles. The van der Waals surface area contributed by atoms with Gasteiger partial charge in [0, 0.05) is 38.5 Å². The number of thioether (sulfide) groups is 1. The van der Waals surface area contributed by atoms with Crippen LogP contribution in [0.4, 0.5) is 0 Å². The van der Waals surface area contributed by atoms with E-state index in [-0.39, 0.29) is 12.5 Å². The Morgan fingerprint density at radius 1 is 1.53 bits per heavy atom. The van der Waals surface area contributed by atoms with Gasteiger partial charge in [0.2, 0.25) is 5.91 Å². The van der Waals surface area contributed by atoms with Gasteiger partial charge in [-0.3, -0.25) is 4.79 Å². The summed E-state index contributed by atoms with van der Waals surface area (Å²) in [6.45, 7) is 1.47. The maximum absolute atomic E-state index is 12.1. The van der Waals surface area contributed by atoms with E-state index in [0.29, 0.717) is 32.0 Å². The largest absolute Gasteiger partial charge is 0.396 e. The highest BCUT2D eigenvalue weighted by atomic mass is 32.2. The third kappa shape index (κ3) is 5.27. The van der Waals surface area contributed by atoms with Gasteiger partial charge in [-0.05, 0) is 25.0 Å². The first kappa shape index (κ1) is 14.8. The number of hydrogen-bond acceptors (Lipinski definition) is 4. The monoisotopic (exact) mass is 261 g/mol. The van der Waals surface area contributed by atoms with Crippen LogP contribution < -0.4 is 0 Å². The van der Waals surface area contributed by atoms with Gasteiger partial charge in [0.15, 0.2) is 0 Å². The molecule has 1 aliphatic heterocycles. The van der Waals surface area contributed by atoms with Gasteiger partial charge in [0.25, 0.3) is 0 Å². The van der Waals surface area contributed by atoms with E-state index in [0.717, 1.165) is 24.3 Å². The number of aliphatic hydroxyl groups is 1. The minimum Gasteiger partial charge on any atom is -0.396 e. The van der Waals surface area contributed by atoms with Crippen LogP contribution in [0, 0.1) is 0 Å². The fraction of sp³-hybridized carbons (Fsp3) is 0.917. The lowest BCUT2D eigenvalue weighted by Crippen LogP contribution is -2.42. The minimum atomic E-state index is 0.171. The molecule has 1 atom stereocenters. The summed E-state index contributed by atoms with van der Waals surface area (Å²) in [7, 11) is 1.66. The Kier molecular flexibility index (Phi) is 7.64. The highest BCUT2D eigenvalue weighted by molar-refractivity contribution is 7.99. The molecule has 0 radical (unpaired) electrons. The van der Waals surface area contributed by atoms with Crippen molar-refractivity contribution in [3.8, 4) is 0 Å². The number of methoxy groups -OCH3 is 1. The summed E-state index contributed by atoms with van der Waals surface area (Å²) in [5.74, 6) is 2.41. The van der Waals surface area contributed by atoms with E-state index in [1.165, 1.54) is 0 Å². The quantitative estimate of drug-likeness (QED) is 0.666. The van der Waals surface area contributed by atoms with Crippen LogP contribution in [0.15, 0.2) is 0 Å². The third-order valence-corrected chi connectivity index (χ3v) is 4.15. The van der Waals surface area contributed by atoms with Crippen molar-refractivity contribution in [2.24, 2.45) is 0 Å². The molecule has 0 aromatic heterocycles. The van der Waals surface area contributed by atoms with Crippen molar-refractivity contribution < 1.29 is 14.6 Å². The first-order valence-electron chi connectivity index (χ1n) is 6.26. The Morgan fingerprint density at radius 2 is 2.35 bits per heavy atom. The zero-order valence-corrected chi connectivity index (χ0v) is 11.4. The van der Waals surface area contributed by atoms with Crippen molar-refractivity contribution in [1.29, 1.82) is 0 Å². The summed E-state index contributed by atoms with van der Waals surface area (Å²) in [6.07, 6.45) is 3.13. The van der Waals surface area contributed by atoms with Crippen molar-refractivity contribution >= 4 is 17.7 Å². The molecular weight excluding hydrogens is 238 g/mol. The topological polar surface area (TPSA) is 49.8 Å². The average molecular weight is 261 g/mol. The van der Waals surface area contributed by atoms with E-state index in [2.05, 4.69) is 0 Å². The molecule has 0 aliphatic carbocycles. The number of hydrogen-bond donors (Lipinski definition) is 1. The van der Waals surface area contributed by atoms with E-state index < -0.39 is 0 Å². The van der Waals surface area contributed by atoms with Gasteiger partial charge < -0.3 is 14.7 Å². The van der Waals surface area contributed by atoms with Crippen molar-refractivity contribution in [1.82, 2.24) is 4.90 Å². The highest BCUT2D eigenvalue weighted by Crippen LogP contribution is 2.23. The number of aliphatic hydroxyl groups excluding tert-OH is 1. The predicted octanol–water partition coefficient (Wildman–Crippen LogP) is 1.13. The number of rotatable bonds is 8. The number of unbranched alkanes of at least 4 members (excludes halogenated alkanes) is 1. The Morgan fingerprint density at radius 3 is 2.94 bits per heavy atom. The number of amides is 1. The SMILES string of the molecule is COCCN(C(=O)CCCCO)C1CCSC1. The molecule has 1 amide bonds. The van der Waals surface area contributed by atoms with Gasteiger partial charge in [-0.25, -0.2) is 0 Å². The second-order valence-electron chi connectivity index (χ2n) is 4.28. The summed E-state index contributed by atoms with van der Waals surface area (Å²) in [5.41, 5.74) is 0. The van der Waals surface area contributed by atoms with E-state index in [1.807, 2.05) is 16.7 Å². The lowest BCUT2D eigenvalue weighted by atomic mass is 10.1. The van der Waals surface area contributed by atoms with E-state index in [4.69, 9.17) is 9.84 Å². The molecule has 1 fully saturated rings. The average Bonchev–Trinajstić information content (AvgIpc) is 2.83. The van der Waals surface area contributed by atoms with Crippen LogP contribution in [0.5, 0.6) is 0 Å². The second-order valence-corrected chi connectivity index (χ2v) is 5.43. The molecule has 100 valence electrons. The molecule has 0 spiro atoms.